The van der Waals surface area contributed by atoms with Crippen molar-refractivity contribution >= 4 is 58.2 Å². The number of nitrogens with zero attached hydrogens (tertiary/aromatic N) is 2. The fraction of sp³-hybridized carbons (Fsp3) is 0.250. The summed E-state index contributed by atoms with van der Waals surface area (Å²) in [4.78, 5) is 61.0. The summed E-state index contributed by atoms with van der Waals surface area (Å²) in [6, 6.07) is 30.1. The Bertz CT molecular complexity index is 2050. The lowest BCUT2D eigenvalue weighted by Crippen LogP contribution is -2.53. The minimum absolute atomic E-state index is 0.122. The van der Waals surface area contributed by atoms with Gasteiger partial charge in [0.15, 0.2) is 0 Å². The number of carbonyl (C=O) groups is 4. The maximum absolute atomic E-state index is 15.3. The summed E-state index contributed by atoms with van der Waals surface area (Å²) in [6.07, 6.45) is 2.55. The molecule has 8 rings (SSSR count). The minimum atomic E-state index is -1.37. The van der Waals surface area contributed by atoms with Gasteiger partial charge in [-0.2, -0.15) is 0 Å². The predicted octanol–water partition coefficient (Wildman–Crippen LogP) is 6.73. The number of hydrogen-bond acceptors (Lipinski definition) is 6. The zero-order valence-corrected chi connectivity index (χ0v) is 28.3. The van der Waals surface area contributed by atoms with Crippen molar-refractivity contribution in [2.45, 2.75) is 24.2 Å². The van der Waals surface area contributed by atoms with Crippen LogP contribution in [0.25, 0.3) is 0 Å². The summed E-state index contributed by atoms with van der Waals surface area (Å²) in [6.45, 7) is -0.0209. The van der Waals surface area contributed by atoms with Gasteiger partial charge >= 0.3 is 0 Å². The Morgan fingerprint density at radius 1 is 0.740 bits per heavy atom. The average molecular weight is 708 g/mol. The van der Waals surface area contributed by atoms with Crippen LogP contribution in [-0.2, 0) is 24.6 Å². The maximum atomic E-state index is 15.3. The number of anilines is 2. The summed E-state index contributed by atoms with van der Waals surface area (Å²) in [5.41, 5.74) is 1.78. The SMILES string of the molecule is O=C1C2CC=C3C(CC4C(=O)N(c5cccc(Cl)c5)C(=O)C4(c4ccccc4)C3c3ccc(OCCO)cc3)C2C(=O)N1c1ccc(Cl)cc1. The number of ether oxygens (including phenoxy) is 1. The van der Waals surface area contributed by atoms with Crippen LogP contribution in [0, 0.1) is 23.7 Å². The molecule has 6 unspecified atom stereocenters. The molecule has 0 spiro atoms. The van der Waals surface area contributed by atoms with Gasteiger partial charge in [-0.3, -0.25) is 24.1 Å². The lowest BCUT2D eigenvalue weighted by molar-refractivity contribution is -0.127. The second-order valence-corrected chi connectivity index (χ2v) is 14.1. The fourth-order valence-electron chi connectivity index (χ4n) is 8.88. The van der Waals surface area contributed by atoms with Gasteiger partial charge < -0.3 is 9.84 Å². The van der Waals surface area contributed by atoms with Gasteiger partial charge in [-0.1, -0.05) is 83.4 Å². The van der Waals surface area contributed by atoms with E-state index >= 15 is 4.79 Å². The van der Waals surface area contributed by atoms with Crippen molar-refractivity contribution in [3.8, 4) is 5.75 Å². The fourth-order valence-corrected chi connectivity index (χ4v) is 9.19. The highest BCUT2D eigenvalue weighted by Crippen LogP contribution is 2.64. The zero-order chi connectivity index (χ0) is 34.7. The molecule has 50 heavy (non-hydrogen) atoms. The number of allylic oxidation sites excluding steroid dienone is 2. The highest BCUT2D eigenvalue weighted by Gasteiger charge is 2.70. The summed E-state index contributed by atoms with van der Waals surface area (Å²) < 4.78 is 5.67. The van der Waals surface area contributed by atoms with E-state index in [1.54, 1.807) is 60.7 Å². The predicted molar refractivity (Wildman–Crippen MR) is 189 cm³/mol. The topological polar surface area (TPSA) is 104 Å². The molecule has 2 saturated heterocycles. The maximum Gasteiger partial charge on any atom is 0.246 e. The summed E-state index contributed by atoms with van der Waals surface area (Å²) in [5, 5.41) is 10.2. The van der Waals surface area contributed by atoms with E-state index in [1.807, 2.05) is 48.5 Å². The standard InChI is InChI=1S/C40H32Cl2N2O6/c41-25-11-13-27(14-12-25)43-36(46)31-18-17-30-32(34(31)38(43)48)22-33-37(47)44(28-8-4-7-26(42)21-28)39(49)40(33,24-5-2-1-3-6-24)35(30)23-9-15-29(16-10-23)50-20-19-45/h1-17,21,31-35,45H,18-20,22H2. The van der Waals surface area contributed by atoms with Crippen molar-refractivity contribution in [2.75, 3.05) is 23.0 Å². The van der Waals surface area contributed by atoms with Gasteiger partial charge in [0, 0.05) is 16.0 Å². The molecule has 4 amide bonds. The lowest BCUT2D eigenvalue weighted by atomic mass is 9.49. The number of fused-ring (bicyclic) bond motifs is 4. The van der Waals surface area contributed by atoms with Crippen molar-refractivity contribution < 1.29 is 29.0 Å². The smallest absolute Gasteiger partial charge is 0.246 e. The first kappa shape index (κ1) is 32.4. The molecule has 252 valence electrons. The van der Waals surface area contributed by atoms with Crippen LogP contribution >= 0.6 is 23.2 Å². The van der Waals surface area contributed by atoms with Crippen LogP contribution in [0.15, 0.2) is 115 Å². The molecule has 0 bridgehead atoms. The molecule has 2 aliphatic carbocycles. The van der Waals surface area contributed by atoms with Crippen LogP contribution in [0.3, 0.4) is 0 Å². The number of aliphatic hydroxyl groups is 1. The van der Waals surface area contributed by atoms with Gasteiger partial charge in [0.25, 0.3) is 0 Å². The normalized spacial score (nSPS) is 27.2. The van der Waals surface area contributed by atoms with Crippen molar-refractivity contribution in [2.24, 2.45) is 23.7 Å². The molecule has 4 aromatic carbocycles. The second kappa shape index (κ2) is 12.5. The van der Waals surface area contributed by atoms with E-state index in [0.29, 0.717) is 39.2 Å². The third-order valence-corrected chi connectivity index (χ3v) is 11.3. The van der Waals surface area contributed by atoms with E-state index in [0.717, 1.165) is 11.1 Å². The molecule has 0 aromatic heterocycles. The number of halogens is 2. The number of imide groups is 2. The first-order chi connectivity index (χ1) is 24.2. The summed E-state index contributed by atoms with van der Waals surface area (Å²) in [5.74, 6) is -4.14. The van der Waals surface area contributed by atoms with Crippen LogP contribution in [-0.4, -0.2) is 41.9 Å². The Labute approximate surface area is 298 Å². The lowest BCUT2D eigenvalue weighted by Gasteiger charge is -2.50. The number of amides is 4. The van der Waals surface area contributed by atoms with Gasteiger partial charge in [0.1, 0.15) is 12.4 Å². The van der Waals surface area contributed by atoms with Crippen molar-refractivity contribution in [1.82, 2.24) is 0 Å². The Hall–Kier alpha value is -4.76. The molecule has 2 aliphatic heterocycles. The number of hydrogen-bond donors (Lipinski definition) is 1. The van der Waals surface area contributed by atoms with E-state index in [1.165, 1.54) is 9.80 Å². The van der Waals surface area contributed by atoms with Crippen molar-refractivity contribution in [3.05, 3.63) is 136 Å². The Kier molecular flexibility index (Phi) is 8.13. The Balaban J connectivity index is 1.32. The quantitative estimate of drug-likeness (QED) is 0.169. The third-order valence-electron chi connectivity index (χ3n) is 10.8. The Morgan fingerprint density at radius 3 is 2.18 bits per heavy atom. The Morgan fingerprint density at radius 2 is 1.48 bits per heavy atom. The summed E-state index contributed by atoms with van der Waals surface area (Å²) >= 11 is 12.5. The molecule has 4 aromatic rings. The highest BCUT2D eigenvalue weighted by atomic mass is 35.5. The molecule has 6 atom stereocenters. The summed E-state index contributed by atoms with van der Waals surface area (Å²) in [7, 11) is 0. The monoisotopic (exact) mass is 706 g/mol. The van der Waals surface area contributed by atoms with Gasteiger partial charge in [-0.15, -0.1) is 0 Å². The number of rotatable bonds is 7. The van der Waals surface area contributed by atoms with Crippen LogP contribution in [0.1, 0.15) is 29.9 Å². The molecule has 3 fully saturated rings. The van der Waals surface area contributed by atoms with Crippen LogP contribution in [0.5, 0.6) is 5.75 Å². The number of carbonyl (C=O) groups excluding carboxylic acids is 4. The number of benzene rings is 4. The molecule has 1 N–H and O–H groups in total. The molecular weight excluding hydrogens is 675 g/mol. The largest absolute Gasteiger partial charge is 0.491 e. The average Bonchev–Trinajstić information content (AvgIpc) is 3.52. The second-order valence-electron chi connectivity index (χ2n) is 13.2. The van der Waals surface area contributed by atoms with Gasteiger partial charge in [0.2, 0.25) is 23.6 Å². The molecule has 1 saturated carbocycles. The molecule has 4 aliphatic rings. The van der Waals surface area contributed by atoms with Crippen LogP contribution in [0.2, 0.25) is 10.0 Å². The van der Waals surface area contributed by atoms with E-state index in [2.05, 4.69) is 0 Å². The number of aliphatic hydroxyl groups excluding tert-OH is 1. The van der Waals surface area contributed by atoms with E-state index in [-0.39, 0.29) is 43.3 Å². The van der Waals surface area contributed by atoms with Crippen LogP contribution < -0.4 is 14.5 Å². The highest BCUT2D eigenvalue weighted by molar-refractivity contribution is 6.32. The molecule has 2 heterocycles. The van der Waals surface area contributed by atoms with E-state index in [9.17, 15) is 19.5 Å². The van der Waals surface area contributed by atoms with Crippen molar-refractivity contribution in [1.29, 1.82) is 0 Å². The molecule has 0 radical (unpaired) electrons. The first-order valence-electron chi connectivity index (χ1n) is 16.6. The first-order valence-corrected chi connectivity index (χ1v) is 17.4. The molecule has 8 nitrogen and oxygen atoms in total. The van der Waals surface area contributed by atoms with E-state index < -0.39 is 35.0 Å². The molecular formula is C40H32Cl2N2O6. The van der Waals surface area contributed by atoms with Crippen LogP contribution in [0.4, 0.5) is 11.4 Å². The van der Waals surface area contributed by atoms with Gasteiger partial charge in [-0.05, 0) is 84.5 Å². The van der Waals surface area contributed by atoms with Crippen molar-refractivity contribution in [3.63, 3.8) is 0 Å². The van der Waals surface area contributed by atoms with Gasteiger partial charge in [-0.25, -0.2) is 4.90 Å². The van der Waals surface area contributed by atoms with E-state index in [4.69, 9.17) is 27.9 Å². The third kappa shape index (κ3) is 4.84. The zero-order valence-electron chi connectivity index (χ0n) is 26.7. The minimum Gasteiger partial charge on any atom is -0.491 e. The van der Waals surface area contributed by atoms with Gasteiger partial charge in [0.05, 0.1) is 41.2 Å². The molecule has 10 heteroatoms.